The molecule has 2 aliphatic carbocycles. The van der Waals surface area contributed by atoms with Crippen LogP contribution < -0.4 is 10.6 Å². The van der Waals surface area contributed by atoms with Crippen LogP contribution in [0.25, 0.3) is 0 Å². The Morgan fingerprint density at radius 1 is 1.19 bits per heavy atom. The van der Waals surface area contributed by atoms with Gasteiger partial charge >= 0.3 is 6.03 Å². The number of carbonyl (C=O) groups is 1. The second-order valence-corrected chi connectivity index (χ2v) is 6.62. The van der Waals surface area contributed by atoms with Crippen LogP contribution in [-0.4, -0.2) is 16.2 Å². The molecular weight excluding hydrogens is 284 g/mol. The Hall–Kier alpha value is -1.95. The lowest BCUT2D eigenvalue weighted by Gasteiger charge is -2.13. The van der Waals surface area contributed by atoms with Crippen molar-refractivity contribution in [3.8, 4) is 0 Å². The molecule has 21 heavy (non-hydrogen) atoms. The molecule has 5 nitrogen and oxygen atoms in total. The first-order valence-electron chi connectivity index (χ1n) is 7.28. The third-order valence-corrected chi connectivity index (χ3v) is 5.03. The molecule has 2 aliphatic rings. The number of nitrogens with zero attached hydrogens (tertiary/aromatic N) is 2. The summed E-state index contributed by atoms with van der Waals surface area (Å²) in [6.07, 6.45) is 4.36. The molecule has 0 unspecified atom stereocenters. The van der Waals surface area contributed by atoms with E-state index in [-0.39, 0.29) is 12.1 Å². The van der Waals surface area contributed by atoms with Crippen LogP contribution in [0.3, 0.4) is 0 Å². The highest BCUT2D eigenvalue weighted by molar-refractivity contribution is 7.15. The molecule has 1 atom stereocenters. The first kappa shape index (κ1) is 12.8. The number of carbonyl (C=O) groups excluding carboxylic acids is 1. The predicted molar refractivity (Wildman–Crippen MR) is 81.5 cm³/mol. The van der Waals surface area contributed by atoms with E-state index >= 15 is 0 Å². The van der Waals surface area contributed by atoms with Crippen molar-refractivity contribution in [2.24, 2.45) is 0 Å². The van der Waals surface area contributed by atoms with Crippen molar-refractivity contribution in [2.45, 2.75) is 37.6 Å². The molecule has 0 radical (unpaired) electrons. The molecule has 1 saturated carbocycles. The van der Waals surface area contributed by atoms with Gasteiger partial charge in [0.05, 0.1) is 6.04 Å². The first-order chi connectivity index (χ1) is 10.3. The van der Waals surface area contributed by atoms with Crippen LogP contribution in [0, 0.1) is 0 Å². The van der Waals surface area contributed by atoms with Gasteiger partial charge in [0.25, 0.3) is 0 Å². The molecule has 4 rings (SSSR count). The molecule has 2 aromatic rings. The Kier molecular flexibility index (Phi) is 3.11. The SMILES string of the molecule is O=C(Nc1nnc(C2CC2)s1)N[C@@H]1CCc2ccccc21. The maximum atomic E-state index is 12.1. The zero-order chi connectivity index (χ0) is 14.2. The zero-order valence-electron chi connectivity index (χ0n) is 11.5. The van der Waals surface area contributed by atoms with Crippen molar-refractivity contribution in [3.05, 3.63) is 40.4 Å². The lowest BCUT2D eigenvalue weighted by Crippen LogP contribution is -2.31. The predicted octanol–water partition coefficient (Wildman–Crippen LogP) is 3.22. The molecule has 1 aromatic heterocycles. The fraction of sp³-hybridized carbons (Fsp3) is 0.400. The van der Waals surface area contributed by atoms with Crippen LogP contribution in [0.4, 0.5) is 9.93 Å². The molecule has 0 saturated heterocycles. The molecule has 1 heterocycles. The standard InChI is InChI=1S/C15H16N4OS/c20-14(17-15-19-18-13(21-15)10-5-6-10)16-12-8-7-9-3-1-2-4-11(9)12/h1-4,10,12H,5-8H2,(H2,16,17,19,20)/t12-/m1/s1. The summed E-state index contributed by atoms with van der Waals surface area (Å²) in [7, 11) is 0. The number of rotatable bonds is 3. The second-order valence-electron chi connectivity index (χ2n) is 5.61. The van der Waals surface area contributed by atoms with Crippen molar-refractivity contribution in [2.75, 3.05) is 5.32 Å². The number of nitrogens with one attached hydrogen (secondary N) is 2. The average molecular weight is 300 g/mol. The van der Waals surface area contributed by atoms with Gasteiger partial charge in [0, 0.05) is 5.92 Å². The van der Waals surface area contributed by atoms with Gasteiger partial charge in [-0.05, 0) is 36.8 Å². The minimum atomic E-state index is -0.199. The van der Waals surface area contributed by atoms with Crippen LogP contribution in [0.5, 0.6) is 0 Å². The van der Waals surface area contributed by atoms with Crippen molar-refractivity contribution >= 4 is 22.5 Å². The molecule has 2 N–H and O–H groups in total. The topological polar surface area (TPSA) is 66.9 Å². The van der Waals surface area contributed by atoms with Crippen LogP contribution in [0.2, 0.25) is 0 Å². The Labute approximate surface area is 126 Å². The van der Waals surface area contributed by atoms with Crippen molar-refractivity contribution < 1.29 is 4.79 Å². The molecule has 6 heteroatoms. The molecular formula is C15H16N4OS. The van der Waals surface area contributed by atoms with E-state index < -0.39 is 0 Å². The highest BCUT2D eigenvalue weighted by Gasteiger charge is 2.28. The quantitative estimate of drug-likeness (QED) is 0.914. The Morgan fingerprint density at radius 2 is 2.05 bits per heavy atom. The summed E-state index contributed by atoms with van der Waals surface area (Å²) in [4.78, 5) is 12.1. The third kappa shape index (κ3) is 2.63. The van der Waals surface area contributed by atoms with E-state index in [4.69, 9.17) is 0 Å². The Bertz CT molecular complexity index is 680. The molecule has 1 aromatic carbocycles. The maximum Gasteiger partial charge on any atom is 0.321 e. The van der Waals surface area contributed by atoms with Crippen LogP contribution >= 0.6 is 11.3 Å². The maximum absolute atomic E-state index is 12.1. The van der Waals surface area contributed by atoms with Gasteiger partial charge in [-0.15, -0.1) is 10.2 Å². The summed E-state index contributed by atoms with van der Waals surface area (Å²) in [6.45, 7) is 0. The number of hydrogen-bond donors (Lipinski definition) is 2. The van der Waals surface area contributed by atoms with Crippen molar-refractivity contribution in [3.63, 3.8) is 0 Å². The lowest BCUT2D eigenvalue weighted by atomic mass is 10.1. The van der Waals surface area contributed by atoms with Gasteiger partial charge < -0.3 is 5.32 Å². The van der Waals surface area contributed by atoms with E-state index in [0.717, 1.165) is 17.8 Å². The van der Waals surface area contributed by atoms with E-state index in [9.17, 15) is 4.79 Å². The van der Waals surface area contributed by atoms with Gasteiger partial charge in [-0.3, -0.25) is 5.32 Å². The number of anilines is 1. The number of aromatic nitrogens is 2. The molecule has 108 valence electrons. The number of fused-ring (bicyclic) bond motifs is 1. The highest BCUT2D eigenvalue weighted by Crippen LogP contribution is 2.42. The number of hydrogen-bond acceptors (Lipinski definition) is 4. The molecule has 1 fully saturated rings. The van der Waals surface area contributed by atoms with E-state index in [1.165, 1.54) is 35.3 Å². The summed E-state index contributed by atoms with van der Waals surface area (Å²) < 4.78 is 0. The lowest BCUT2D eigenvalue weighted by molar-refractivity contribution is 0.248. The van der Waals surface area contributed by atoms with Crippen molar-refractivity contribution in [1.29, 1.82) is 0 Å². The van der Waals surface area contributed by atoms with Gasteiger partial charge in [-0.2, -0.15) is 0 Å². The molecule has 2 amide bonds. The molecule has 0 spiro atoms. The van der Waals surface area contributed by atoms with Gasteiger partial charge in [0.1, 0.15) is 5.01 Å². The normalized spacial score (nSPS) is 20.1. The van der Waals surface area contributed by atoms with Crippen molar-refractivity contribution in [1.82, 2.24) is 15.5 Å². The Morgan fingerprint density at radius 3 is 2.90 bits per heavy atom. The van der Waals surface area contributed by atoms with Crippen LogP contribution in [0.1, 0.15) is 47.4 Å². The summed E-state index contributed by atoms with van der Waals surface area (Å²) in [5, 5.41) is 15.6. The number of amides is 2. The van der Waals surface area contributed by atoms with E-state index in [1.807, 2.05) is 12.1 Å². The summed E-state index contributed by atoms with van der Waals surface area (Å²) in [5.74, 6) is 0.572. The summed E-state index contributed by atoms with van der Waals surface area (Å²) in [6, 6.07) is 8.17. The largest absolute Gasteiger partial charge is 0.331 e. The third-order valence-electron chi connectivity index (χ3n) is 4.03. The zero-order valence-corrected chi connectivity index (χ0v) is 12.3. The van der Waals surface area contributed by atoms with E-state index in [1.54, 1.807) is 0 Å². The number of urea groups is 1. The van der Waals surface area contributed by atoms with Gasteiger partial charge in [-0.25, -0.2) is 4.79 Å². The molecule has 0 bridgehead atoms. The van der Waals surface area contributed by atoms with Gasteiger partial charge in [0.15, 0.2) is 0 Å². The van der Waals surface area contributed by atoms with Crippen LogP contribution in [-0.2, 0) is 6.42 Å². The smallest absolute Gasteiger partial charge is 0.321 e. The Balaban J connectivity index is 1.39. The fourth-order valence-corrected chi connectivity index (χ4v) is 3.69. The summed E-state index contributed by atoms with van der Waals surface area (Å²) in [5.41, 5.74) is 2.55. The van der Waals surface area contributed by atoms with Gasteiger partial charge in [-0.1, -0.05) is 35.6 Å². The van der Waals surface area contributed by atoms with Gasteiger partial charge in [0.2, 0.25) is 5.13 Å². The van der Waals surface area contributed by atoms with E-state index in [0.29, 0.717) is 11.0 Å². The first-order valence-corrected chi connectivity index (χ1v) is 8.10. The minimum Gasteiger partial charge on any atom is -0.331 e. The second kappa shape index (κ2) is 5.11. The monoisotopic (exact) mass is 300 g/mol. The number of benzene rings is 1. The minimum absolute atomic E-state index is 0.0945. The fourth-order valence-electron chi connectivity index (χ4n) is 2.78. The summed E-state index contributed by atoms with van der Waals surface area (Å²) >= 11 is 1.48. The average Bonchev–Trinajstić information content (AvgIpc) is 3.12. The van der Waals surface area contributed by atoms with E-state index in [2.05, 4.69) is 33.0 Å². The van der Waals surface area contributed by atoms with Crippen LogP contribution in [0.15, 0.2) is 24.3 Å². The number of aryl methyl sites for hydroxylation is 1. The molecule has 0 aliphatic heterocycles. The highest BCUT2D eigenvalue weighted by atomic mass is 32.1.